The van der Waals surface area contributed by atoms with Gasteiger partial charge in [0.25, 0.3) is 0 Å². The first kappa shape index (κ1) is 8.16. The number of allylic oxidation sites excluding steroid dienone is 3. The van der Waals surface area contributed by atoms with Crippen molar-refractivity contribution in [3.05, 3.63) is 23.4 Å². The van der Waals surface area contributed by atoms with E-state index in [1.54, 1.807) is 0 Å². The highest BCUT2D eigenvalue weighted by Gasteiger charge is 2.35. The highest BCUT2D eigenvalue weighted by molar-refractivity contribution is 6.42. The predicted octanol–water partition coefficient (Wildman–Crippen LogP) is 2.41. The maximum atomic E-state index is 11.6. The fourth-order valence-electron chi connectivity index (χ4n) is 2.67. The molecule has 1 atom stereocenters. The van der Waals surface area contributed by atoms with Crippen LogP contribution in [0.5, 0.6) is 0 Å². The Bertz CT molecular complexity index is 387. The van der Waals surface area contributed by atoms with Crippen molar-refractivity contribution in [2.24, 2.45) is 10.9 Å². The van der Waals surface area contributed by atoms with E-state index >= 15 is 0 Å². The van der Waals surface area contributed by atoms with Crippen LogP contribution in [0.1, 0.15) is 32.1 Å². The second kappa shape index (κ2) is 2.91. The van der Waals surface area contributed by atoms with Gasteiger partial charge in [-0.15, -0.1) is 0 Å². The van der Waals surface area contributed by atoms with Gasteiger partial charge in [-0.05, 0) is 37.3 Å². The molecule has 0 spiro atoms. The molecule has 1 unspecified atom stereocenters. The molecule has 0 N–H and O–H groups in total. The molecular formula is C12H13NO. The van der Waals surface area contributed by atoms with Gasteiger partial charge < -0.3 is 0 Å². The van der Waals surface area contributed by atoms with Crippen LogP contribution in [0, 0.1) is 5.92 Å². The van der Waals surface area contributed by atoms with Crippen LogP contribution in [0.2, 0.25) is 0 Å². The molecule has 3 aliphatic rings. The molecule has 72 valence electrons. The molecule has 1 fully saturated rings. The topological polar surface area (TPSA) is 29.4 Å². The summed E-state index contributed by atoms with van der Waals surface area (Å²) in [7, 11) is 0. The lowest BCUT2D eigenvalue weighted by molar-refractivity contribution is -0.113. The molecule has 0 aromatic heterocycles. The summed E-state index contributed by atoms with van der Waals surface area (Å²) in [5.41, 5.74) is 3.37. The number of fused-ring (bicyclic) bond motifs is 2. The Morgan fingerprint density at radius 1 is 1.36 bits per heavy atom. The van der Waals surface area contributed by atoms with E-state index in [0.717, 1.165) is 37.1 Å². The van der Waals surface area contributed by atoms with Crippen molar-refractivity contribution in [3.8, 4) is 0 Å². The summed E-state index contributed by atoms with van der Waals surface area (Å²) in [6.45, 7) is 0. The minimum Gasteiger partial charge on any atom is -0.293 e. The Balaban J connectivity index is 2.02. The van der Waals surface area contributed by atoms with Crippen molar-refractivity contribution in [2.45, 2.75) is 32.1 Å². The van der Waals surface area contributed by atoms with Crippen molar-refractivity contribution in [1.29, 1.82) is 0 Å². The van der Waals surface area contributed by atoms with Crippen LogP contribution in [-0.4, -0.2) is 11.5 Å². The molecule has 2 heteroatoms. The zero-order valence-corrected chi connectivity index (χ0v) is 8.12. The minimum atomic E-state index is 0.282. The lowest BCUT2D eigenvalue weighted by Gasteiger charge is -2.21. The maximum absolute atomic E-state index is 11.6. The van der Waals surface area contributed by atoms with Crippen molar-refractivity contribution in [3.63, 3.8) is 0 Å². The monoisotopic (exact) mass is 187 g/mol. The molecule has 0 radical (unpaired) electrons. The van der Waals surface area contributed by atoms with Gasteiger partial charge in [0, 0.05) is 12.3 Å². The molecule has 2 aliphatic carbocycles. The largest absolute Gasteiger partial charge is 0.293 e. The number of ketones is 1. The first-order valence-electron chi connectivity index (χ1n) is 5.37. The summed E-state index contributed by atoms with van der Waals surface area (Å²) in [5, 5.41) is 0. The van der Waals surface area contributed by atoms with Gasteiger partial charge in [0.2, 0.25) is 0 Å². The highest BCUT2D eigenvalue weighted by atomic mass is 16.1. The fourth-order valence-corrected chi connectivity index (χ4v) is 2.67. The standard InChI is InChI=1S/C12H13NO/c14-11-7-3-5-9-8-4-1-2-6-10(8)13-12(9)11/h2,6,9H,1,3-5,7H2. The third kappa shape index (κ3) is 1.03. The van der Waals surface area contributed by atoms with Gasteiger partial charge in [0.05, 0.1) is 11.4 Å². The van der Waals surface area contributed by atoms with Gasteiger partial charge in [0.15, 0.2) is 5.78 Å². The van der Waals surface area contributed by atoms with Gasteiger partial charge in [0.1, 0.15) is 0 Å². The number of nitrogens with zero attached hydrogens (tertiary/aromatic N) is 1. The zero-order chi connectivity index (χ0) is 9.54. The zero-order valence-electron chi connectivity index (χ0n) is 8.12. The van der Waals surface area contributed by atoms with E-state index in [0.29, 0.717) is 12.3 Å². The second-order valence-corrected chi connectivity index (χ2v) is 4.22. The van der Waals surface area contributed by atoms with E-state index < -0.39 is 0 Å². The fraction of sp³-hybridized carbons (Fsp3) is 0.500. The van der Waals surface area contributed by atoms with Gasteiger partial charge in [-0.3, -0.25) is 4.79 Å². The average Bonchev–Trinajstić information content (AvgIpc) is 2.59. The van der Waals surface area contributed by atoms with E-state index in [4.69, 9.17) is 0 Å². The summed E-state index contributed by atoms with van der Waals surface area (Å²) in [4.78, 5) is 16.1. The Labute approximate surface area is 83.4 Å². The Kier molecular flexibility index (Phi) is 1.69. The number of Topliss-reactive ketones (excluding diaryl/α,β-unsaturated/α-hetero) is 1. The van der Waals surface area contributed by atoms with Gasteiger partial charge in [-0.2, -0.15) is 0 Å². The van der Waals surface area contributed by atoms with E-state index in [-0.39, 0.29) is 5.78 Å². The highest BCUT2D eigenvalue weighted by Crippen LogP contribution is 2.38. The first-order valence-corrected chi connectivity index (χ1v) is 5.37. The Morgan fingerprint density at radius 2 is 2.29 bits per heavy atom. The molecule has 0 aromatic carbocycles. The first-order chi connectivity index (χ1) is 6.86. The van der Waals surface area contributed by atoms with Crippen LogP contribution in [-0.2, 0) is 4.79 Å². The van der Waals surface area contributed by atoms with Crippen LogP contribution >= 0.6 is 0 Å². The summed E-state index contributed by atoms with van der Waals surface area (Å²) in [6.07, 6.45) is 9.35. The summed E-state index contributed by atoms with van der Waals surface area (Å²) < 4.78 is 0. The van der Waals surface area contributed by atoms with Crippen LogP contribution in [0.4, 0.5) is 0 Å². The van der Waals surface area contributed by atoms with E-state index in [1.165, 1.54) is 5.57 Å². The molecule has 0 bridgehead atoms. The molecular weight excluding hydrogens is 174 g/mol. The number of carbonyl (C=O) groups excluding carboxylic acids is 1. The van der Waals surface area contributed by atoms with Crippen LogP contribution in [0.3, 0.4) is 0 Å². The van der Waals surface area contributed by atoms with Crippen LogP contribution in [0.25, 0.3) is 0 Å². The normalized spacial score (nSPS) is 30.1. The Hall–Kier alpha value is -1.18. The van der Waals surface area contributed by atoms with Crippen molar-refractivity contribution in [1.82, 2.24) is 0 Å². The maximum Gasteiger partial charge on any atom is 0.177 e. The predicted molar refractivity (Wildman–Crippen MR) is 55.2 cm³/mol. The number of aliphatic imine (C=N–C) groups is 1. The van der Waals surface area contributed by atoms with Gasteiger partial charge in [-0.1, -0.05) is 6.08 Å². The molecule has 2 nitrogen and oxygen atoms in total. The summed E-state index contributed by atoms with van der Waals surface area (Å²) in [5.74, 6) is 0.667. The number of carbonyl (C=O) groups is 1. The molecule has 0 amide bonds. The van der Waals surface area contributed by atoms with E-state index in [2.05, 4.69) is 17.1 Å². The van der Waals surface area contributed by atoms with Gasteiger partial charge >= 0.3 is 0 Å². The summed E-state index contributed by atoms with van der Waals surface area (Å²) >= 11 is 0. The summed E-state index contributed by atoms with van der Waals surface area (Å²) in [6, 6.07) is 0. The minimum absolute atomic E-state index is 0.282. The smallest absolute Gasteiger partial charge is 0.177 e. The molecule has 1 saturated carbocycles. The third-order valence-electron chi connectivity index (χ3n) is 3.36. The molecule has 3 rings (SSSR count). The second-order valence-electron chi connectivity index (χ2n) is 4.22. The number of rotatable bonds is 0. The number of hydrogen-bond donors (Lipinski definition) is 0. The van der Waals surface area contributed by atoms with Crippen LogP contribution < -0.4 is 0 Å². The van der Waals surface area contributed by atoms with Crippen molar-refractivity contribution < 1.29 is 4.79 Å². The molecule has 1 heterocycles. The van der Waals surface area contributed by atoms with Crippen molar-refractivity contribution in [2.75, 3.05) is 0 Å². The Morgan fingerprint density at radius 3 is 3.21 bits per heavy atom. The number of hydrogen-bond acceptors (Lipinski definition) is 2. The van der Waals surface area contributed by atoms with E-state index in [9.17, 15) is 4.79 Å². The third-order valence-corrected chi connectivity index (χ3v) is 3.36. The van der Waals surface area contributed by atoms with Crippen molar-refractivity contribution >= 4 is 11.5 Å². The van der Waals surface area contributed by atoms with E-state index in [1.807, 2.05) is 0 Å². The lowest BCUT2D eigenvalue weighted by atomic mass is 9.80. The quantitative estimate of drug-likeness (QED) is 0.572. The lowest BCUT2D eigenvalue weighted by Crippen LogP contribution is -2.27. The van der Waals surface area contributed by atoms with Crippen LogP contribution in [0.15, 0.2) is 28.4 Å². The molecule has 0 saturated heterocycles. The van der Waals surface area contributed by atoms with Gasteiger partial charge in [-0.25, -0.2) is 4.99 Å². The average molecular weight is 187 g/mol. The molecule has 0 aromatic rings. The molecule has 14 heavy (non-hydrogen) atoms. The molecule has 1 aliphatic heterocycles. The SMILES string of the molecule is O=C1CCCC2C1=NC1=C2CCC=C1.